The van der Waals surface area contributed by atoms with Gasteiger partial charge in [-0.3, -0.25) is 4.79 Å². The molecule has 0 fully saturated rings. The minimum atomic E-state index is -3.56. The maximum Gasteiger partial charge on any atom is 0.307 e. The van der Waals surface area contributed by atoms with Crippen molar-refractivity contribution in [2.24, 2.45) is 0 Å². The SMILES string of the molecule is CCOc1ccccc1-c1noc(COC(=O)CCS(=O)(=O)c2ccc(C)cc2)n1. The molecule has 0 amide bonds. The highest BCUT2D eigenvalue weighted by molar-refractivity contribution is 7.91. The van der Waals surface area contributed by atoms with Crippen LogP contribution in [0.15, 0.2) is 57.9 Å². The lowest BCUT2D eigenvalue weighted by atomic mass is 10.2. The van der Waals surface area contributed by atoms with Crippen LogP contribution in [0.3, 0.4) is 0 Å². The van der Waals surface area contributed by atoms with Crippen LogP contribution in [-0.2, 0) is 26.0 Å². The predicted octanol–water partition coefficient (Wildman–Crippen LogP) is 3.35. The Morgan fingerprint density at radius 2 is 1.83 bits per heavy atom. The molecule has 1 aromatic heterocycles. The standard InChI is InChI=1S/C21H22N2O6S/c1-3-27-18-7-5-4-6-17(18)21-22-19(29-23-21)14-28-20(24)12-13-30(25,26)16-10-8-15(2)9-11-16/h4-11H,3,12-14H2,1-2H3. The predicted molar refractivity (Wildman–Crippen MR) is 109 cm³/mol. The summed E-state index contributed by atoms with van der Waals surface area (Å²) in [5.41, 5.74) is 1.61. The summed E-state index contributed by atoms with van der Waals surface area (Å²) in [7, 11) is -3.56. The molecule has 0 bridgehead atoms. The van der Waals surface area contributed by atoms with E-state index >= 15 is 0 Å². The number of aromatic nitrogens is 2. The van der Waals surface area contributed by atoms with Crippen LogP contribution >= 0.6 is 0 Å². The summed E-state index contributed by atoms with van der Waals surface area (Å²) >= 11 is 0. The third kappa shape index (κ3) is 5.44. The molecule has 3 rings (SSSR count). The largest absolute Gasteiger partial charge is 0.493 e. The zero-order valence-electron chi connectivity index (χ0n) is 16.7. The van der Waals surface area contributed by atoms with Gasteiger partial charge in [0.05, 0.1) is 29.2 Å². The molecule has 1 heterocycles. The van der Waals surface area contributed by atoms with Crippen LogP contribution < -0.4 is 4.74 Å². The number of sulfone groups is 1. The Bertz CT molecular complexity index is 1110. The van der Waals surface area contributed by atoms with Crippen LogP contribution in [0.25, 0.3) is 11.4 Å². The van der Waals surface area contributed by atoms with Gasteiger partial charge in [0.1, 0.15) is 5.75 Å². The fraction of sp³-hybridized carbons (Fsp3) is 0.286. The molecular weight excluding hydrogens is 408 g/mol. The van der Waals surface area contributed by atoms with Crippen LogP contribution in [0, 0.1) is 6.92 Å². The molecule has 0 aliphatic rings. The van der Waals surface area contributed by atoms with Gasteiger partial charge < -0.3 is 14.0 Å². The summed E-state index contributed by atoms with van der Waals surface area (Å²) in [5.74, 6) is 0.0232. The number of rotatable bonds is 9. The van der Waals surface area contributed by atoms with Crippen LogP contribution in [0.5, 0.6) is 5.75 Å². The van der Waals surface area contributed by atoms with Crippen LogP contribution in [0.4, 0.5) is 0 Å². The van der Waals surface area contributed by atoms with Gasteiger partial charge in [-0.05, 0) is 38.1 Å². The van der Waals surface area contributed by atoms with Crippen molar-refractivity contribution in [1.29, 1.82) is 0 Å². The zero-order chi connectivity index (χ0) is 21.6. The molecule has 0 N–H and O–H groups in total. The minimum Gasteiger partial charge on any atom is -0.493 e. The van der Waals surface area contributed by atoms with Crippen molar-refractivity contribution < 1.29 is 27.2 Å². The number of hydrogen-bond donors (Lipinski definition) is 0. The molecule has 3 aromatic rings. The number of ether oxygens (including phenoxy) is 2. The first-order chi connectivity index (χ1) is 14.4. The molecule has 158 valence electrons. The monoisotopic (exact) mass is 430 g/mol. The van der Waals surface area contributed by atoms with Crippen molar-refractivity contribution in [2.75, 3.05) is 12.4 Å². The molecule has 9 heteroatoms. The summed E-state index contributed by atoms with van der Waals surface area (Å²) in [6, 6.07) is 13.7. The van der Waals surface area contributed by atoms with E-state index in [1.165, 1.54) is 12.1 Å². The van der Waals surface area contributed by atoms with Gasteiger partial charge in [-0.25, -0.2) is 8.42 Å². The molecule has 0 saturated carbocycles. The maximum atomic E-state index is 12.3. The average Bonchev–Trinajstić information content (AvgIpc) is 3.21. The Kier molecular flexibility index (Phi) is 6.83. The van der Waals surface area contributed by atoms with Gasteiger partial charge in [0.2, 0.25) is 5.82 Å². The Morgan fingerprint density at radius 3 is 2.57 bits per heavy atom. The molecular formula is C21H22N2O6S. The number of carbonyl (C=O) groups is 1. The summed E-state index contributed by atoms with van der Waals surface area (Å²) < 4.78 is 40.3. The van der Waals surface area contributed by atoms with Gasteiger partial charge in [-0.1, -0.05) is 35.0 Å². The van der Waals surface area contributed by atoms with Crippen LogP contribution in [-0.4, -0.2) is 36.9 Å². The fourth-order valence-corrected chi connectivity index (χ4v) is 3.87. The summed E-state index contributed by atoms with van der Waals surface area (Å²) in [6.45, 7) is 3.99. The fourth-order valence-electron chi connectivity index (χ4n) is 2.65. The summed E-state index contributed by atoms with van der Waals surface area (Å²) in [5, 5.41) is 3.89. The molecule has 0 aliphatic heterocycles. The lowest BCUT2D eigenvalue weighted by Gasteiger charge is -2.06. The van der Waals surface area contributed by atoms with Gasteiger partial charge in [0, 0.05) is 0 Å². The van der Waals surface area contributed by atoms with Gasteiger partial charge in [-0.2, -0.15) is 4.98 Å². The van der Waals surface area contributed by atoms with E-state index in [1.54, 1.807) is 24.3 Å². The second kappa shape index (κ2) is 9.53. The van der Waals surface area contributed by atoms with Crippen molar-refractivity contribution in [3.63, 3.8) is 0 Å². The highest BCUT2D eigenvalue weighted by Crippen LogP contribution is 2.27. The molecule has 0 unspecified atom stereocenters. The molecule has 0 radical (unpaired) electrons. The van der Waals surface area contributed by atoms with E-state index in [9.17, 15) is 13.2 Å². The van der Waals surface area contributed by atoms with E-state index in [1.807, 2.05) is 26.0 Å². The first-order valence-electron chi connectivity index (χ1n) is 9.39. The van der Waals surface area contributed by atoms with E-state index in [-0.39, 0.29) is 29.6 Å². The quantitative estimate of drug-likeness (QED) is 0.476. The smallest absolute Gasteiger partial charge is 0.307 e. The third-order valence-electron chi connectivity index (χ3n) is 4.21. The number of nitrogens with zero attached hydrogens (tertiary/aromatic N) is 2. The highest BCUT2D eigenvalue weighted by Gasteiger charge is 2.18. The van der Waals surface area contributed by atoms with E-state index in [2.05, 4.69) is 10.1 Å². The molecule has 0 spiro atoms. The van der Waals surface area contributed by atoms with E-state index < -0.39 is 15.8 Å². The first-order valence-corrected chi connectivity index (χ1v) is 11.0. The van der Waals surface area contributed by atoms with E-state index in [0.717, 1.165) is 5.56 Å². The van der Waals surface area contributed by atoms with Crippen molar-refractivity contribution in [2.45, 2.75) is 31.8 Å². The summed E-state index contributed by atoms with van der Waals surface area (Å²) in [6.07, 6.45) is -0.273. The second-order valence-electron chi connectivity index (χ2n) is 6.48. The lowest BCUT2D eigenvalue weighted by molar-refractivity contribution is -0.145. The lowest BCUT2D eigenvalue weighted by Crippen LogP contribution is -2.13. The number of esters is 1. The molecule has 0 atom stereocenters. The van der Waals surface area contributed by atoms with Gasteiger partial charge in [-0.15, -0.1) is 0 Å². The van der Waals surface area contributed by atoms with Crippen LogP contribution in [0.2, 0.25) is 0 Å². The number of carbonyl (C=O) groups excluding carboxylic acids is 1. The normalized spacial score (nSPS) is 11.3. The molecule has 30 heavy (non-hydrogen) atoms. The van der Waals surface area contributed by atoms with Gasteiger partial charge in [0.25, 0.3) is 5.89 Å². The van der Waals surface area contributed by atoms with Crippen molar-refractivity contribution in [1.82, 2.24) is 10.1 Å². The second-order valence-corrected chi connectivity index (χ2v) is 8.59. The number of benzene rings is 2. The third-order valence-corrected chi connectivity index (χ3v) is 5.94. The molecule has 0 aliphatic carbocycles. The average molecular weight is 430 g/mol. The molecule has 0 saturated heterocycles. The maximum absolute atomic E-state index is 12.3. The minimum absolute atomic E-state index is 0.103. The van der Waals surface area contributed by atoms with E-state index in [4.69, 9.17) is 14.0 Å². The highest BCUT2D eigenvalue weighted by atomic mass is 32.2. The number of hydrogen-bond acceptors (Lipinski definition) is 8. The van der Waals surface area contributed by atoms with Crippen molar-refractivity contribution in [3.8, 4) is 17.1 Å². The Balaban J connectivity index is 1.55. The van der Waals surface area contributed by atoms with Crippen molar-refractivity contribution >= 4 is 15.8 Å². The van der Waals surface area contributed by atoms with Crippen LogP contribution in [0.1, 0.15) is 24.8 Å². The topological polar surface area (TPSA) is 109 Å². The first kappa shape index (κ1) is 21.5. The van der Waals surface area contributed by atoms with E-state index in [0.29, 0.717) is 23.7 Å². The van der Waals surface area contributed by atoms with Gasteiger partial charge >= 0.3 is 5.97 Å². The Morgan fingerprint density at radius 1 is 1.10 bits per heavy atom. The number of aryl methyl sites for hydroxylation is 1. The zero-order valence-corrected chi connectivity index (χ0v) is 17.5. The van der Waals surface area contributed by atoms with Gasteiger partial charge in [0.15, 0.2) is 16.4 Å². The Hall–Kier alpha value is -3.20. The summed E-state index contributed by atoms with van der Waals surface area (Å²) in [4.78, 5) is 16.4. The number of para-hydroxylation sites is 1. The molecule has 8 nitrogen and oxygen atoms in total. The Labute approximate surface area is 174 Å². The van der Waals surface area contributed by atoms with Crippen molar-refractivity contribution in [3.05, 3.63) is 60.0 Å². The molecule has 2 aromatic carbocycles.